The summed E-state index contributed by atoms with van der Waals surface area (Å²) in [5, 5.41) is 3.23. The van der Waals surface area contributed by atoms with Crippen LogP contribution in [0.5, 0.6) is 0 Å². The van der Waals surface area contributed by atoms with Crippen LogP contribution in [0.4, 0.5) is 0 Å². The van der Waals surface area contributed by atoms with E-state index in [4.69, 9.17) is 5.73 Å². The molecule has 0 aliphatic heterocycles. The molecule has 0 saturated heterocycles. The third-order valence-electron chi connectivity index (χ3n) is 3.88. The summed E-state index contributed by atoms with van der Waals surface area (Å²) in [6, 6.07) is 0.308. The lowest BCUT2D eigenvalue weighted by Crippen LogP contribution is -2.36. The molecule has 1 atom stereocenters. The van der Waals surface area contributed by atoms with E-state index in [2.05, 4.69) is 18.8 Å². The maximum Gasteiger partial charge on any atom is 0.0940 e. The van der Waals surface area contributed by atoms with Crippen molar-refractivity contribution in [2.45, 2.75) is 52.0 Å². The summed E-state index contributed by atoms with van der Waals surface area (Å²) >= 11 is 1.72. The first kappa shape index (κ1) is 12.1. The van der Waals surface area contributed by atoms with Crippen LogP contribution in [0.25, 0.3) is 0 Å². The van der Waals surface area contributed by atoms with Gasteiger partial charge >= 0.3 is 0 Å². The Balaban J connectivity index is 1.85. The van der Waals surface area contributed by atoms with Crippen LogP contribution in [0.3, 0.4) is 0 Å². The highest BCUT2D eigenvalue weighted by Crippen LogP contribution is 2.39. The Morgan fingerprint density at radius 2 is 2.19 bits per heavy atom. The van der Waals surface area contributed by atoms with E-state index in [0.29, 0.717) is 17.4 Å². The van der Waals surface area contributed by atoms with Gasteiger partial charge in [-0.05, 0) is 37.0 Å². The lowest BCUT2D eigenvalue weighted by Gasteiger charge is -2.36. The molecule has 16 heavy (non-hydrogen) atoms. The van der Waals surface area contributed by atoms with Gasteiger partial charge in [-0.1, -0.05) is 13.8 Å². The van der Waals surface area contributed by atoms with E-state index in [-0.39, 0.29) is 0 Å². The minimum absolute atomic E-state index is 0.308. The number of hydrogen-bond acceptors (Lipinski definition) is 3. The van der Waals surface area contributed by atoms with Gasteiger partial charge < -0.3 is 5.73 Å². The molecular weight excluding hydrogens is 216 g/mol. The zero-order valence-electron chi connectivity index (χ0n) is 10.3. The van der Waals surface area contributed by atoms with Crippen molar-refractivity contribution in [3.63, 3.8) is 0 Å². The van der Waals surface area contributed by atoms with Crippen molar-refractivity contribution in [1.29, 1.82) is 0 Å². The standard InChI is InChI=1S/C13H22N2S/c1-13(2)5-3-10(4-6-13)11(14)9-12-15-7-8-16-12/h7-8,10-11H,3-6,9,14H2,1-2H3. The third-order valence-corrected chi connectivity index (χ3v) is 4.69. The van der Waals surface area contributed by atoms with E-state index in [1.54, 1.807) is 11.3 Å². The normalized spacial score (nSPS) is 23.2. The van der Waals surface area contributed by atoms with Gasteiger partial charge in [0.2, 0.25) is 0 Å². The smallest absolute Gasteiger partial charge is 0.0940 e. The first-order valence-corrected chi connectivity index (χ1v) is 7.09. The Morgan fingerprint density at radius 3 is 2.75 bits per heavy atom. The molecule has 0 amide bonds. The van der Waals surface area contributed by atoms with Gasteiger partial charge in [-0.15, -0.1) is 11.3 Å². The Kier molecular flexibility index (Phi) is 3.65. The lowest BCUT2D eigenvalue weighted by atomic mass is 9.71. The predicted octanol–water partition coefficient (Wildman–Crippen LogP) is 3.23. The molecule has 1 heterocycles. The molecule has 0 bridgehead atoms. The van der Waals surface area contributed by atoms with E-state index < -0.39 is 0 Å². The van der Waals surface area contributed by atoms with Crippen LogP contribution in [0.1, 0.15) is 44.5 Å². The topological polar surface area (TPSA) is 38.9 Å². The van der Waals surface area contributed by atoms with E-state index in [9.17, 15) is 0 Å². The van der Waals surface area contributed by atoms with Gasteiger partial charge in [0.15, 0.2) is 0 Å². The third kappa shape index (κ3) is 3.05. The molecule has 2 nitrogen and oxygen atoms in total. The maximum atomic E-state index is 6.29. The minimum Gasteiger partial charge on any atom is -0.327 e. The molecule has 1 aliphatic rings. The molecule has 90 valence electrons. The van der Waals surface area contributed by atoms with Crippen LogP contribution in [0, 0.1) is 11.3 Å². The number of rotatable bonds is 3. The quantitative estimate of drug-likeness (QED) is 0.878. The average molecular weight is 238 g/mol. The summed E-state index contributed by atoms with van der Waals surface area (Å²) in [5.74, 6) is 0.705. The second-order valence-electron chi connectivity index (χ2n) is 5.80. The van der Waals surface area contributed by atoms with Crippen LogP contribution in [0.15, 0.2) is 11.6 Å². The SMILES string of the molecule is CC1(C)CCC(C(N)Cc2nccs2)CC1. The molecule has 1 unspecified atom stereocenters. The van der Waals surface area contributed by atoms with Gasteiger partial charge in [0.1, 0.15) is 0 Å². The number of nitrogens with two attached hydrogens (primary N) is 1. The average Bonchev–Trinajstić information content (AvgIpc) is 2.70. The lowest BCUT2D eigenvalue weighted by molar-refractivity contribution is 0.173. The second kappa shape index (κ2) is 4.84. The van der Waals surface area contributed by atoms with Crippen LogP contribution in [-0.2, 0) is 6.42 Å². The van der Waals surface area contributed by atoms with Gasteiger partial charge in [0, 0.05) is 24.0 Å². The fourth-order valence-corrected chi connectivity index (χ4v) is 3.26. The maximum absolute atomic E-state index is 6.29. The van der Waals surface area contributed by atoms with Crippen molar-refractivity contribution in [2.75, 3.05) is 0 Å². The molecule has 3 heteroatoms. The van der Waals surface area contributed by atoms with Crippen LogP contribution in [-0.4, -0.2) is 11.0 Å². The number of nitrogens with zero attached hydrogens (tertiary/aromatic N) is 1. The fourth-order valence-electron chi connectivity index (χ4n) is 2.57. The summed E-state index contributed by atoms with van der Waals surface area (Å²) in [7, 11) is 0. The Hall–Kier alpha value is -0.410. The van der Waals surface area contributed by atoms with Crippen LogP contribution in [0.2, 0.25) is 0 Å². The first-order chi connectivity index (χ1) is 7.57. The van der Waals surface area contributed by atoms with Gasteiger partial charge in [0.25, 0.3) is 0 Å². The van der Waals surface area contributed by atoms with Gasteiger partial charge in [-0.3, -0.25) is 0 Å². The molecule has 1 aromatic heterocycles. The molecule has 0 radical (unpaired) electrons. The monoisotopic (exact) mass is 238 g/mol. The molecule has 0 spiro atoms. The van der Waals surface area contributed by atoms with E-state index in [0.717, 1.165) is 6.42 Å². The molecule has 1 saturated carbocycles. The largest absolute Gasteiger partial charge is 0.327 e. The van der Waals surface area contributed by atoms with Crippen LogP contribution < -0.4 is 5.73 Å². The second-order valence-corrected chi connectivity index (χ2v) is 6.77. The predicted molar refractivity (Wildman–Crippen MR) is 69.5 cm³/mol. The van der Waals surface area contributed by atoms with Gasteiger partial charge in [-0.2, -0.15) is 0 Å². The van der Waals surface area contributed by atoms with Crippen molar-refractivity contribution >= 4 is 11.3 Å². The zero-order valence-corrected chi connectivity index (χ0v) is 11.1. The molecule has 2 N–H and O–H groups in total. The number of thiazole rings is 1. The molecule has 1 fully saturated rings. The Labute approximate surface area is 102 Å². The molecule has 1 aromatic rings. The molecule has 0 aromatic carbocycles. The Morgan fingerprint density at radius 1 is 1.50 bits per heavy atom. The van der Waals surface area contributed by atoms with Gasteiger partial charge in [-0.25, -0.2) is 4.98 Å². The van der Waals surface area contributed by atoms with Crippen molar-refractivity contribution in [3.8, 4) is 0 Å². The summed E-state index contributed by atoms with van der Waals surface area (Å²) in [6.45, 7) is 4.74. The Bertz CT molecular complexity index is 309. The number of aromatic nitrogens is 1. The highest BCUT2D eigenvalue weighted by Gasteiger charge is 2.30. The zero-order chi connectivity index (χ0) is 11.6. The van der Waals surface area contributed by atoms with Crippen molar-refractivity contribution in [3.05, 3.63) is 16.6 Å². The van der Waals surface area contributed by atoms with Crippen molar-refractivity contribution in [1.82, 2.24) is 4.98 Å². The van der Waals surface area contributed by atoms with Crippen molar-refractivity contribution < 1.29 is 0 Å². The summed E-state index contributed by atoms with van der Waals surface area (Å²) in [5.41, 5.74) is 6.83. The fraction of sp³-hybridized carbons (Fsp3) is 0.769. The van der Waals surface area contributed by atoms with Crippen LogP contribution >= 0.6 is 11.3 Å². The summed E-state index contributed by atoms with van der Waals surface area (Å²) < 4.78 is 0. The van der Waals surface area contributed by atoms with Gasteiger partial charge in [0.05, 0.1) is 5.01 Å². The number of hydrogen-bond donors (Lipinski definition) is 1. The first-order valence-electron chi connectivity index (χ1n) is 6.21. The van der Waals surface area contributed by atoms with E-state index in [1.165, 1.54) is 30.7 Å². The molecule has 1 aliphatic carbocycles. The molecule has 2 rings (SSSR count). The van der Waals surface area contributed by atoms with Crippen molar-refractivity contribution in [2.24, 2.45) is 17.1 Å². The summed E-state index contributed by atoms with van der Waals surface area (Å²) in [6.07, 6.45) is 8.06. The molecular formula is C13H22N2S. The highest BCUT2D eigenvalue weighted by molar-refractivity contribution is 7.09. The van der Waals surface area contributed by atoms with E-state index >= 15 is 0 Å². The van der Waals surface area contributed by atoms with E-state index in [1.807, 2.05) is 11.6 Å². The summed E-state index contributed by atoms with van der Waals surface area (Å²) in [4.78, 5) is 4.32. The highest BCUT2D eigenvalue weighted by atomic mass is 32.1. The minimum atomic E-state index is 0.308.